The number of hydrogen-bond donors (Lipinski definition) is 1. The molecule has 2 aromatic rings. The summed E-state index contributed by atoms with van der Waals surface area (Å²) in [5.41, 5.74) is 1.62. The quantitative estimate of drug-likeness (QED) is 0.936. The lowest BCUT2D eigenvalue weighted by Crippen LogP contribution is -2.33. The molecular formula is C15H17FN2OS. The Morgan fingerprint density at radius 1 is 1.35 bits per heavy atom. The summed E-state index contributed by atoms with van der Waals surface area (Å²) < 4.78 is 18.2. The van der Waals surface area contributed by atoms with Crippen LogP contribution in [0.2, 0.25) is 0 Å². The van der Waals surface area contributed by atoms with E-state index in [2.05, 4.69) is 10.5 Å². The van der Waals surface area contributed by atoms with E-state index in [0.29, 0.717) is 12.6 Å². The van der Waals surface area contributed by atoms with Gasteiger partial charge >= 0.3 is 0 Å². The predicted molar refractivity (Wildman–Crippen MR) is 79.1 cm³/mol. The van der Waals surface area contributed by atoms with E-state index in [0.717, 1.165) is 17.0 Å². The Hall–Kier alpha value is -1.33. The van der Waals surface area contributed by atoms with Crippen LogP contribution in [0.25, 0.3) is 11.3 Å². The number of nitrogens with one attached hydrogen (secondary N) is 1. The van der Waals surface area contributed by atoms with Crippen molar-refractivity contribution >= 4 is 11.8 Å². The van der Waals surface area contributed by atoms with Crippen molar-refractivity contribution in [3.63, 3.8) is 0 Å². The summed E-state index contributed by atoms with van der Waals surface area (Å²) in [5, 5.41) is 7.53. The molecule has 2 heterocycles. The van der Waals surface area contributed by atoms with E-state index < -0.39 is 0 Å². The molecule has 106 valence electrons. The van der Waals surface area contributed by atoms with Gasteiger partial charge in [-0.1, -0.05) is 5.16 Å². The van der Waals surface area contributed by atoms with E-state index in [-0.39, 0.29) is 5.82 Å². The van der Waals surface area contributed by atoms with E-state index in [1.165, 1.54) is 36.5 Å². The molecule has 1 saturated heterocycles. The SMILES string of the molecule is Fc1ccc(-c2cc(CN[C@H]3CCCSC3)on2)cc1. The maximum Gasteiger partial charge on any atom is 0.151 e. The molecule has 1 aromatic carbocycles. The van der Waals surface area contributed by atoms with Gasteiger partial charge in [0, 0.05) is 23.4 Å². The third-order valence-electron chi connectivity index (χ3n) is 3.42. The minimum atomic E-state index is -0.242. The van der Waals surface area contributed by atoms with Crippen molar-refractivity contribution in [2.75, 3.05) is 11.5 Å². The second-order valence-corrected chi connectivity index (χ2v) is 6.13. The van der Waals surface area contributed by atoms with Crippen LogP contribution < -0.4 is 5.32 Å². The summed E-state index contributed by atoms with van der Waals surface area (Å²) in [6.45, 7) is 0.694. The van der Waals surface area contributed by atoms with Crippen LogP contribution in [-0.2, 0) is 6.54 Å². The highest BCUT2D eigenvalue weighted by molar-refractivity contribution is 7.99. The van der Waals surface area contributed by atoms with Crippen LogP contribution in [0.15, 0.2) is 34.9 Å². The summed E-state index contributed by atoms with van der Waals surface area (Å²) in [6.07, 6.45) is 2.51. The van der Waals surface area contributed by atoms with Crippen LogP contribution in [0, 0.1) is 5.82 Å². The minimum absolute atomic E-state index is 0.242. The van der Waals surface area contributed by atoms with Crippen molar-refractivity contribution in [3.8, 4) is 11.3 Å². The van der Waals surface area contributed by atoms with E-state index in [1.54, 1.807) is 12.1 Å². The van der Waals surface area contributed by atoms with Gasteiger partial charge in [0.15, 0.2) is 5.76 Å². The van der Waals surface area contributed by atoms with E-state index in [4.69, 9.17) is 4.52 Å². The van der Waals surface area contributed by atoms with Gasteiger partial charge in [-0.25, -0.2) is 4.39 Å². The van der Waals surface area contributed by atoms with Crippen molar-refractivity contribution < 1.29 is 8.91 Å². The molecule has 1 atom stereocenters. The molecule has 0 bridgehead atoms. The number of aromatic nitrogens is 1. The monoisotopic (exact) mass is 292 g/mol. The standard InChI is InChI=1S/C15H17FN2OS/c16-12-5-3-11(4-6-12)15-8-14(19-18-15)9-17-13-2-1-7-20-10-13/h3-6,8,13,17H,1-2,7,9-10H2/t13-/m0/s1. The first-order valence-electron chi connectivity index (χ1n) is 6.84. The fourth-order valence-corrected chi connectivity index (χ4v) is 3.41. The fourth-order valence-electron chi connectivity index (χ4n) is 2.30. The maximum atomic E-state index is 12.9. The van der Waals surface area contributed by atoms with Gasteiger partial charge in [-0.2, -0.15) is 11.8 Å². The van der Waals surface area contributed by atoms with Crippen molar-refractivity contribution in [1.82, 2.24) is 10.5 Å². The Morgan fingerprint density at radius 3 is 2.95 bits per heavy atom. The van der Waals surface area contributed by atoms with Gasteiger partial charge in [0.05, 0.1) is 6.54 Å². The molecule has 20 heavy (non-hydrogen) atoms. The number of halogens is 1. The summed E-state index contributed by atoms with van der Waals surface area (Å²) in [5.74, 6) is 3.02. The number of thioether (sulfide) groups is 1. The molecule has 1 aliphatic heterocycles. The van der Waals surface area contributed by atoms with Crippen LogP contribution in [-0.4, -0.2) is 22.7 Å². The zero-order chi connectivity index (χ0) is 13.8. The van der Waals surface area contributed by atoms with Crippen molar-refractivity contribution in [1.29, 1.82) is 0 Å². The Bertz CT molecular complexity index is 549. The molecule has 1 aromatic heterocycles. The minimum Gasteiger partial charge on any atom is -0.359 e. The lowest BCUT2D eigenvalue weighted by Gasteiger charge is -2.21. The summed E-state index contributed by atoms with van der Waals surface area (Å²) >= 11 is 2.00. The normalized spacial score (nSPS) is 19.1. The Morgan fingerprint density at radius 2 is 2.20 bits per heavy atom. The lowest BCUT2D eigenvalue weighted by molar-refractivity contribution is 0.363. The molecule has 1 fully saturated rings. The topological polar surface area (TPSA) is 38.1 Å². The second-order valence-electron chi connectivity index (χ2n) is 4.98. The summed E-state index contributed by atoms with van der Waals surface area (Å²) in [6, 6.07) is 8.76. The van der Waals surface area contributed by atoms with Crippen LogP contribution in [0.3, 0.4) is 0 Å². The fraction of sp³-hybridized carbons (Fsp3) is 0.400. The summed E-state index contributed by atoms with van der Waals surface area (Å²) in [7, 11) is 0. The molecule has 1 aliphatic rings. The van der Waals surface area contributed by atoms with Gasteiger partial charge in [-0.3, -0.25) is 0 Å². The van der Waals surface area contributed by atoms with Gasteiger partial charge < -0.3 is 9.84 Å². The van der Waals surface area contributed by atoms with Gasteiger partial charge in [0.25, 0.3) is 0 Å². The first-order chi connectivity index (χ1) is 9.81. The van der Waals surface area contributed by atoms with E-state index in [1.807, 2.05) is 17.8 Å². The Kier molecular flexibility index (Phi) is 4.38. The zero-order valence-electron chi connectivity index (χ0n) is 11.1. The average molecular weight is 292 g/mol. The van der Waals surface area contributed by atoms with Gasteiger partial charge in [0.1, 0.15) is 11.5 Å². The number of benzene rings is 1. The van der Waals surface area contributed by atoms with E-state index in [9.17, 15) is 4.39 Å². The summed E-state index contributed by atoms with van der Waals surface area (Å²) in [4.78, 5) is 0. The first kappa shape index (κ1) is 13.6. The third kappa shape index (κ3) is 3.41. The molecule has 0 amide bonds. The molecular weight excluding hydrogens is 275 g/mol. The maximum absolute atomic E-state index is 12.9. The zero-order valence-corrected chi connectivity index (χ0v) is 12.0. The Balaban J connectivity index is 1.60. The molecule has 3 rings (SSSR count). The lowest BCUT2D eigenvalue weighted by atomic mass is 10.1. The highest BCUT2D eigenvalue weighted by Crippen LogP contribution is 2.20. The molecule has 0 unspecified atom stereocenters. The number of hydrogen-bond acceptors (Lipinski definition) is 4. The molecule has 0 saturated carbocycles. The first-order valence-corrected chi connectivity index (χ1v) is 7.99. The molecule has 5 heteroatoms. The highest BCUT2D eigenvalue weighted by atomic mass is 32.2. The predicted octanol–water partition coefficient (Wildman–Crippen LogP) is 3.47. The van der Waals surface area contributed by atoms with E-state index >= 15 is 0 Å². The largest absolute Gasteiger partial charge is 0.359 e. The number of nitrogens with zero attached hydrogens (tertiary/aromatic N) is 1. The van der Waals surface area contributed by atoms with Crippen molar-refractivity contribution in [3.05, 3.63) is 41.9 Å². The average Bonchev–Trinajstić information content (AvgIpc) is 2.96. The molecule has 0 spiro atoms. The molecule has 0 radical (unpaired) electrons. The van der Waals surface area contributed by atoms with Gasteiger partial charge in [-0.05, 0) is 42.9 Å². The van der Waals surface area contributed by atoms with Gasteiger partial charge in [0.2, 0.25) is 0 Å². The Labute approximate surface area is 121 Å². The molecule has 3 nitrogen and oxygen atoms in total. The number of rotatable bonds is 4. The van der Waals surface area contributed by atoms with Crippen LogP contribution in [0.1, 0.15) is 18.6 Å². The third-order valence-corrected chi connectivity index (χ3v) is 4.64. The van der Waals surface area contributed by atoms with Crippen molar-refractivity contribution in [2.24, 2.45) is 0 Å². The van der Waals surface area contributed by atoms with Crippen molar-refractivity contribution in [2.45, 2.75) is 25.4 Å². The molecule has 0 aliphatic carbocycles. The highest BCUT2D eigenvalue weighted by Gasteiger charge is 2.14. The second kappa shape index (κ2) is 6.41. The smallest absolute Gasteiger partial charge is 0.151 e. The van der Waals surface area contributed by atoms with Crippen LogP contribution in [0.4, 0.5) is 4.39 Å². The van der Waals surface area contributed by atoms with Crippen LogP contribution in [0.5, 0.6) is 0 Å². The molecule has 1 N–H and O–H groups in total. The van der Waals surface area contributed by atoms with Crippen LogP contribution >= 0.6 is 11.8 Å². The van der Waals surface area contributed by atoms with Gasteiger partial charge in [-0.15, -0.1) is 0 Å².